The average Bonchev–Trinajstić information content (AvgIpc) is 2.18. The van der Waals surface area contributed by atoms with Gasteiger partial charge in [-0.1, -0.05) is 31.5 Å². The number of hydrogen-bond donors (Lipinski definition) is 0. The molecule has 0 spiro atoms. The molecule has 15 heavy (non-hydrogen) atoms. The van der Waals surface area contributed by atoms with Crippen molar-refractivity contribution in [1.82, 2.24) is 4.90 Å². The summed E-state index contributed by atoms with van der Waals surface area (Å²) in [4.78, 5) is 2.45. The predicted octanol–water partition coefficient (Wildman–Crippen LogP) is 2.99. The smallest absolute Gasteiger partial charge is 0.00218 e. The molecule has 83 valence electrons. The Balaban J connectivity index is 2.57. The molecule has 0 aliphatic rings. The van der Waals surface area contributed by atoms with Crippen LogP contribution in [-0.2, 0) is 6.42 Å². The minimum absolute atomic E-state index is 1.12. The molecule has 0 atom stereocenters. The number of likely N-dealkylation sites (N-methyl/N-ethyl adjacent to an activating group) is 1. The summed E-state index contributed by atoms with van der Waals surface area (Å²) < 4.78 is 0. The first kappa shape index (κ1) is 12.3. The molecule has 1 radical (unpaired) electrons. The molecule has 1 aromatic rings. The van der Waals surface area contributed by atoms with Gasteiger partial charge in [0.05, 0.1) is 0 Å². The summed E-state index contributed by atoms with van der Waals surface area (Å²) in [6.45, 7) is 12.1. The first-order valence-electron chi connectivity index (χ1n) is 5.87. The second kappa shape index (κ2) is 5.92. The van der Waals surface area contributed by atoms with Crippen LogP contribution in [0.5, 0.6) is 0 Å². The molecule has 0 aliphatic carbocycles. The van der Waals surface area contributed by atoms with E-state index in [4.69, 9.17) is 0 Å². The van der Waals surface area contributed by atoms with Gasteiger partial charge in [0.1, 0.15) is 0 Å². The number of nitrogens with zero attached hydrogens (tertiary/aromatic N) is 1. The summed E-state index contributed by atoms with van der Waals surface area (Å²) in [5.41, 5.74) is 3.95. The third-order valence-electron chi connectivity index (χ3n) is 2.80. The van der Waals surface area contributed by atoms with Crippen molar-refractivity contribution in [3.05, 3.63) is 34.9 Å². The third kappa shape index (κ3) is 4.05. The van der Waals surface area contributed by atoms with E-state index in [0.717, 1.165) is 26.1 Å². The van der Waals surface area contributed by atoms with Crippen LogP contribution in [0.25, 0.3) is 0 Å². The zero-order valence-electron chi connectivity index (χ0n) is 10.4. The third-order valence-corrected chi connectivity index (χ3v) is 2.80. The first-order valence-corrected chi connectivity index (χ1v) is 5.87. The molecule has 1 aromatic carbocycles. The quantitative estimate of drug-likeness (QED) is 0.712. The maximum absolute atomic E-state index is 3.42. The van der Waals surface area contributed by atoms with Gasteiger partial charge in [0.25, 0.3) is 0 Å². The highest BCUT2D eigenvalue weighted by atomic mass is 15.1. The first-order chi connectivity index (χ1) is 7.15. The van der Waals surface area contributed by atoms with Crippen LogP contribution in [0.3, 0.4) is 0 Å². The number of benzene rings is 1. The van der Waals surface area contributed by atoms with Crippen LogP contribution in [0, 0.1) is 19.9 Å². The van der Waals surface area contributed by atoms with Gasteiger partial charge in [0, 0.05) is 6.54 Å². The lowest BCUT2D eigenvalue weighted by molar-refractivity contribution is 0.308. The van der Waals surface area contributed by atoms with E-state index in [-0.39, 0.29) is 0 Å². The van der Waals surface area contributed by atoms with E-state index in [2.05, 4.69) is 50.8 Å². The molecule has 0 saturated carbocycles. The molecule has 0 amide bonds. The van der Waals surface area contributed by atoms with Gasteiger partial charge < -0.3 is 4.90 Å². The zero-order chi connectivity index (χ0) is 11.3. The van der Waals surface area contributed by atoms with Crippen molar-refractivity contribution in [2.75, 3.05) is 19.6 Å². The summed E-state index contributed by atoms with van der Waals surface area (Å²) >= 11 is 0. The molecular formula is C14H22N. The van der Waals surface area contributed by atoms with Crippen molar-refractivity contribution >= 4 is 0 Å². The fourth-order valence-electron chi connectivity index (χ4n) is 1.94. The minimum atomic E-state index is 1.12. The highest BCUT2D eigenvalue weighted by Gasteiger charge is 2.01. The Bertz CT molecular complexity index is 280. The fourth-order valence-corrected chi connectivity index (χ4v) is 1.94. The summed E-state index contributed by atoms with van der Waals surface area (Å²) in [6.07, 6.45) is 1.12. The van der Waals surface area contributed by atoms with E-state index in [1.165, 1.54) is 16.7 Å². The van der Waals surface area contributed by atoms with Gasteiger partial charge in [0.2, 0.25) is 0 Å². The molecule has 0 unspecified atom stereocenters. The molecule has 0 saturated heterocycles. The monoisotopic (exact) mass is 204 g/mol. The Morgan fingerprint density at radius 3 is 2.33 bits per heavy atom. The van der Waals surface area contributed by atoms with E-state index in [9.17, 15) is 0 Å². The van der Waals surface area contributed by atoms with Crippen molar-refractivity contribution < 1.29 is 0 Å². The molecule has 0 N–H and O–H groups in total. The Hall–Kier alpha value is -0.820. The predicted molar refractivity (Wildman–Crippen MR) is 66.2 cm³/mol. The van der Waals surface area contributed by atoms with Gasteiger partial charge in [-0.3, -0.25) is 0 Å². The van der Waals surface area contributed by atoms with Crippen molar-refractivity contribution in [2.24, 2.45) is 0 Å². The molecule has 0 aliphatic heterocycles. The largest absolute Gasteiger partial charge is 0.304 e. The lowest BCUT2D eigenvalue weighted by atomic mass is 10.0. The van der Waals surface area contributed by atoms with E-state index in [1.54, 1.807) is 0 Å². The maximum Gasteiger partial charge on any atom is 0.00218 e. The average molecular weight is 204 g/mol. The molecule has 1 nitrogen and oxygen atoms in total. The van der Waals surface area contributed by atoms with E-state index in [1.807, 2.05) is 0 Å². The molecule has 0 heterocycles. The van der Waals surface area contributed by atoms with Crippen LogP contribution in [0.1, 0.15) is 30.5 Å². The maximum atomic E-state index is 3.42. The highest BCUT2D eigenvalue weighted by molar-refractivity contribution is 5.27. The van der Waals surface area contributed by atoms with Gasteiger partial charge in [-0.2, -0.15) is 0 Å². The molecule has 0 fully saturated rings. The molecule has 1 heteroatoms. The number of hydrogen-bond acceptors (Lipinski definition) is 1. The van der Waals surface area contributed by atoms with Crippen molar-refractivity contribution in [2.45, 2.75) is 34.1 Å². The zero-order valence-corrected chi connectivity index (χ0v) is 10.4. The molecule has 0 aromatic heterocycles. The van der Waals surface area contributed by atoms with E-state index >= 15 is 0 Å². The van der Waals surface area contributed by atoms with Crippen LogP contribution < -0.4 is 0 Å². The van der Waals surface area contributed by atoms with Crippen molar-refractivity contribution in [1.29, 1.82) is 0 Å². The topological polar surface area (TPSA) is 3.24 Å². The van der Waals surface area contributed by atoms with Gasteiger partial charge in [-0.15, -0.1) is 0 Å². The minimum Gasteiger partial charge on any atom is -0.304 e. The molecule has 1 rings (SSSR count). The van der Waals surface area contributed by atoms with Gasteiger partial charge in [0.15, 0.2) is 0 Å². The van der Waals surface area contributed by atoms with Gasteiger partial charge >= 0.3 is 0 Å². The second-order valence-corrected chi connectivity index (χ2v) is 4.14. The van der Waals surface area contributed by atoms with Crippen LogP contribution >= 0.6 is 0 Å². The van der Waals surface area contributed by atoms with E-state index < -0.39 is 0 Å². The van der Waals surface area contributed by atoms with Crippen LogP contribution in [0.15, 0.2) is 12.1 Å². The van der Waals surface area contributed by atoms with E-state index in [0.29, 0.717) is 0 Å². The fraction of sp³-hybridized carbons (Fsp3) is 0.571. The lowest BCUT2D eigenvalue weighted by Crippen LogP contribution is -2.25. The van der Waals surface area contributed by atoms with Crippen molar-refractivity contribution in [3.8, 4) is 0 Å². The highest BCUT2D eigenvalue weighted by Crippen LogP contribution is 2.09. The Morgan fingerprint density at radius 1 is 1.13 bits per heavy atom. The van der Waals surface area contributed by atoms with Gasteiger partial charge in [-0.05, 0) is 50.6 Å². The summed E-state index contributed by atoms with van der Waals surface area (Å²) in [6, 6.07) is 7.85. The summed E-state index contributed by atoms with van der Waals surface area (Å²) in [7, 11) is 0. The number of rotatable bonds is 5. The second-order valence-electron chi connectivity index (χ2n) is 4.14. The Morgan fingerprint density at radius 2 is 1.80 bits per heavy atom. The van der Waals surface area contributed by atoms with Gasteiger partial charge in [-0.25, -0.2) is 0 Å². The number of aryl methyl sites for hydroxylation is 2. The Labute approximate surface area is 94.1 Å². The summed E-state index contributed by atoms with van der Waals surface area (Å²) in [5, 5.41) is 0. The standard InChI is InChI=1S/C14H22N/c1-5-15(6-2)8-7-14-10-12(3)9-13(4)11-14/h9-10H,5-8H2,1-4H3. The SMILES string of the molecule is CCN(CC)CCc1[c]c(C)cc(C)c1. The molecular weight excluding hydrogens is 182 g/mol. The summed E-state index contributed by atoms with van der Waals surface area (Å²) in [5.74, 6) is 0. The normalized spacial score (nSPS) is 11.0. The van der Waals surface area contributed by atoms with Crippen LogP contribution in [0.4, 0.5) is 0 Å². The lowest BCUT2D eigenvalue weighted by Gasteiger charge is -2.17. The Kier molecular flexibility index (Phi) is 4.83. The van der Waals surface area contributed by atoms with Crippen molar-refractivity contribution in [3.63, 3.8) is 0 Å². The molecule has 0 bridgehead atoms. The van der Waals surface area contributed by atoms with Crippen LogP contribution in [0.2, 0.25) is 0 Å². The van der Waals surface area contributed by atoms with Crippen LogP contribution in [-0.4, -0.2) is 24.5 Å².